The molecule has 0 rings (SSSR count). The summed E-state index contributed by atoms with van der Waals surface area (Å²) in [5.41, 5.74) is -0.603. The molecule has 0 saturated carbocycles. The van der Waals surface area contributed by atoms with E-state index in [4.69, 9.17) is 4.74 Å². The standard InChI is InChI=1S/C12H21NO4/c1-7-16-10(14)9(8(2)3)13-11(15)17-12(4,5)6/h7-9H,1H2,2-6H3,(H,13,15). The van der Waals surface area contributed by atoms with Crippen LogP contribution in [0.2, 0.25) is 0 Å². The number of amides is 1. The Morgan fingerprint density at radius 2 is 1.82 bits per heavy atom. The first kappa shape index (κ1) is 15.5. The van der Waals surface area contributed by atoms with E-state index >= 15 is 0 Å². The average molecular weight is 243 g/mol. The number of carbonyl (C=O) groups excluding carboxylic acids is 2. The molecule has 0 aliphatic rings. The van der Waals surface area contributed by atoms with Gasteiger partial charge in [-0.15, -0.1) is 0 Å². The van der Waals surface area contributed by atoms with Gasteiger partial charge in [0.2, 0.25) is 0 Å². The van der Waals surface area contributed by atoms with E-state index in [9.17, 15) is 9.59 Å². The molecule has 1 amide bonds. The zero-order valence-corrected chi connectivity index (χ0v) is 11.1. The third kappa shape index (κ3) is 6.60. The quantitative estimate of drug-likeness (QED) is 0.607. The molecule has 0 aliphatic carbocycles. The Kier molecular flexibility index (Phi) is 5.71. The number of hydrogen-bond acceptors (Lipinski definition) is 4. The molecule has 0 saturated heterocycles. The van der Waals surface area contributed by atoms with Crippen molar-refractivity contribution >= 4 is 12.1 Å². The van der Waals surface area contributed by atoms with Crippen molar-refractivity contribution in [1.82, 2.24) is 5.32 Å². The van der Waals surface area contributed by atoms with Gasteiger partial charge in [0.25, 0.3) is 0 Å². The Hall–Kier alpha value is -1.52. The summed E-state index contributed by atoms with van der Waals surface area (Å²) in [6.45, 7) is 12.1. The molecule has 1 N–H and O–H groups in total. The highest BCUT2D eigenvalue weighted by atomic mass is 16.6. The largest absolute Gasteiger partial charge is 0.444 e. The molecule has 1 unspecified atom stereocenters. The summed E-state index contributed by atoms with van der Waals surface area (Å²) in [7, 11) is 0. The van der Waals surface area contributed by atoms with E-state index in [1.165, 1.54) is 0 Å². The molecule has 98 valence electrons. The third-order valence-corrected chi connectivity index (χ3v) is 1.79. The fourth-order valence-corrected chi connectivity index (χ4v) is 1.09. The number of rotatable bonds is 4. The first-order valence-electron chi connectivity index (χ1n) is 5.48. The van der Waals surface area contributed by atoms with Crippen LogP contribution in [0.5, 0.6) is 0 Å². The van der Waals surface area contributed by atoms with Crippen LogP contribution in [0.4, 0.5) is 4.79 Å². The third-order valence-electron chi connectivity index (χ3n) is 1.79. The van der Waals surface area contributed by atoms with Gasteiger partial charge >= 0.3 is 12.1 Å². The van der Waals surface area contributed by atoms with Crippen molar-refractivity contribution in [3.63, 3.8) is 0 Å². The lowest BCUT2D eigenvalue weighted by Gasteiger charge is -2.24. The second-order valence-electron chi connectivity index (χ2n) is 4.97. The van der Waals surface area contributed by atoms with Crippen molar-refractivity contribution in [1.29, 1.82) is 0 Å². The molecular weight excluding hydrogens is 222 g/mol. The number of carbonyl (C=O) groups is 2. The van der Waals surface area contributed by atoms with Crippen molar-refractivity contribution < 1.29 is 19.1 Å². The minimum absolute atomic E-state index is 0.102. The van der Waals surface area contributed by atoms with Gasteiger partial charge in [-0.2, -0.15) is 0 Å². The Morgan fingerprint density at radius 1 is 1.29 bits per heavy atom. The van der Waals surface area contributed by atoms with Crippen LogP contribution in [0.1, 0.15) is 34.6 Å². The minimum atomic E-state index is -0.747. The average Bonchev–Trinajstić information content (AvgIpc) is 2.11. The maximum absolute atomic E-state index is 11.5. The predicted octanol–water partition coefficient (Wildman–Crippen LogP) is 2.22. The highest BCUT2D eigenvalue weighted by Gasteiger charge is 2.27. The molecule has 1 atom stereocenters. The highest BCUT2D eigenvalue weighted by molar-refractivity contribution is 5.82. The molecule has 0 spiro atoms. The lowest BCUT2D eigenvalue weighted by atomic mass is 10.1. The van der Waals surface area contributed by atoms with E-state index in [0.29, 0.717) is 0 Å². The minimum Gasteiger partial charge on any atom is -0.444 e. The Morgan fingerprint density at radius 3 is 2.18 bits per heavy atom. The van der Waals surface area contributed by atoms with Gasteiger partial charge in [-0.05, 0) is 26.7 Å². The SMILES string of the molecule is C=COC(=O)C(NC(=O)OC(C)(C)C)C(C)C. The molecule has 0 heterocycles. The molecule has 0 aromatic rings. The van der Waals surface area contributed by atoms with Crippen LogP contribution in [0.25, 0.3) is 0 Å². The van der Waals surface area contributed by atoms with E-state index in [1.54, 1.807) is 34.6 Å². The summed E-state index contributed by atoms with van der Waals surface area (Å²) in [6, 6.07) is -0.747. The summed E-state index contributed by atoms with van der Waals surface area (Å²) in [5, 5.41) is 2.47. The summed E-state index contributed by atoms with van der Waals surface area (Å²) < 4.78 is 9.71. The molecule has 17 heavy (non-hydrogen) atoms. The molecule has 0 aromatic heterocycles. The molecule has 5 heteroatoms. The molecule has 0 aliphatic heterocycles. The molecule has 0 bridgehead atoms. The maximum Gasteiger partial charge on any atom is 0.408 e. The maximum atomic E-state index is 11.5. The van der Waals surface area contributed by atoms with Crippen LogP contribution < -0.4 is 5.32 Å². The number of alkyl carbamates (subject to hydrolysis) is 1. The predicted molar refractivity (Wildman–Crippen MR) is 64.3 cm³/mol. The van der Waals surface area contributed by atoms with Crippen LogP contribution in [0.3, 0.4) is 0 Å². The van der Waals surface area contributed by atoms with Gasteiger partial charge in [0.1, 0.15) is 11.6 Å². The van der Waals surface area contributed by atoms with Gasteiger partial charge < -0.3 is 14.8 Å². The van der Waals surface area contributed by atoms with Crippen LogP contribution in [0.15, 0.2) is 12.8 Å². The smallest absolute Gasteiger partial charge is 0.408 e. The van der Waals surface area contributed by atoms with Gasteiger partial charge in [-0.3, -0.25) is 0 Å². The van der Waals surface area contributed by atoms with Gasteiger partial charge in [0.05, 0.1) is 6.26 Å². The van der Waals surface area contributed by atoms with Crippen molar-refractivity contribution in [2.75, 3.05) is 0 Å². The number of ether oxygens (including phenoxy) is 2. The van der Waals surface area contributed by atoms with Gasteiger partial charge in [-0.1, -0.05) is 20.4 Å². The molecule has 0 aromatic carbocycles. The number of hydrogen-bond donors (Lipinski definition) is 1. The Balaban J connectivity index is 4.50. The second kappa shape index (κ2) is 6.27. The molecule has 0 radical (unpaired) electrons. The first-order chi connectivity index (χ1) is 7.67. The molecule has 5 nitrogen and oxygen atoms in total. The van der Waals surface area contributed by atoms with E-state index in [0.717, 1.165) is 6.26 Å². The highest BCUT2D eigenvalue weighted by Crippen LogP contribution is 2.09. The van der Waals surface area contributed by atoms with Crippen molar-refractivity contribution in [2.24, 2.45) is 5.92 Å². The topological polar surface area (TPSA) is 64.6 Å². The van der Waals surface area contributed by atoms with Crippen molar-refractivity contribution in [3.8, 4) is 0 Å². The van der Waals surface area contributed by atoms with E-state index in [-0.39, 0.29) is 5.92 Å². The second-order valence-corrected chi connectivity index (χ2v) is 4.97. The van der Waals surface area contributed by atoms with Crippen LogP contribution in [-0.4, -0.2) is 23.7 Å². The summed E-state index contributed by atoms with van der Waals surface area (Å²) >= 11 is 0. The van der Waals surface area contributed by atoms with E-state index in [1.807, 2.05) is 0 Å². The van der Waals surface area contributed by atoms with Gasteiger partial charge in [-0.25, -0.2) is 9.59 Å². The summed E-state index contributed by atoms with van der Waals surface area (Å²) in [6.07, 6.45) is 0.395. The van der Waals surface area contributed by atoms with Crippen LogP contribution in [0, 0.1) is 5.92 Å². The first-order valence-corrected chi connectivity index (χ1v) is 5.48. The Bertz CT molecular complexity index is 291. The summed E-state index contributed by atoms with van der Waals surface area (Å²) in [4.78, 5) is 23.0. The fourth-order valence-electron chi connectivity index (χ4n) is 1.09. The molecular formula is C12H21NO4. The van der Waals surface area contributed by atoms with Gasteiger partial charge in [0.15, 0.2) is 0 Å². The van der Waals surface area contributed by atoms with Crippen LogP contribution >= 0.6 is 0 Å². The monoisotopic (exact) mass is 243 g/mol. The zero-order chi connectivity index (χ0) is 13.6. The number of esters is 1. The van der Waals surface area contributed by atoms with Crippen LogP contribution in [-0.2, 0) is 14.3 Å². The van der Waals surface area contributed by atoms with E-state index in [2.05, 4.69) is 16.6 Å². The van der Waals surface area contributed by atoms with Crippen molar-refractivity contribution in [2.45, 2.75) is 46.3 Å². The van der Waals surface area contributed by atoms with Crippen molar-refractivity contribution in [3.05, 3.63) is 12.8 Å². The fraction of sp³-hybridized carbons (Fsp3) is 0.667. The lowest BCUT2D eigenvalue weighted by Crippen LogP contribution is -2.46. The Labute approximate surface area is 102 Å². The zero-order valence-electron chi connectivity index (χ0n) is 11.1. The lowest BCUT2D eigenvalue weighted by molar-refractivity contribution is -0.141. The van der Waals surface area contributed by atoms with E-state index < -0.39 is 23.7 Å². The molecule has 0 fully saturated rings. The van der Waals surface area contributed by atoms with Gasteiger partial charge in [0, 0.05) is 0 Å². The normalized spacial score (nSPS) is 12.8. The summed E-state index contributed by atoms with van der Waals surface area (Å²) in [5.74, 6) is -0.657. The number of nitrogens with one attached hydrogen (secondary N) is 1.